The van der Waals surface area contributed by atoms with Crippen molar-refractivity contribution >= 4 is 43.5 Å². The van der Waals surface area contributed by atoms with E-state index in [-0.39, 0.29) is 10.7 Å². The van der Waals surface area contributed by atoms with E-state index < -0.39 is 0 Å². The average molecular weight is 319 g/mol. The number of amides is 1. The lowest BCUT2D eigenvalue weighted by molar-refractivity contribution is -0.116. The Morgan fingerprint density at radius 1 is 1.43 bits per heavy atom. The zero-order chi connectivity index (χ0) is 10.1. The first-order valence-corrected chi connectivity index (χ1v) is 6.10. The van der Waals surface area contributed by atoms with Crippen molar-refractivity contribution in [1.29, 1.82) is 0 Å². The van der Waals surface area contributed by atoms with E-state index in [1.54, 1.807) is 0 Å². The van der Waals surface area contributed by atoms with Crippen LogP contribution in [0.2, 0.25) is 0 Å². The number of halogens is 2. The highest BCUT2D eigenvalue weighted by Gasteiger charge is 2.30. The Hall–Kier alpha value is -0.350. The molecule has 1 saturated heterocycles. The van der Waals surface area contributed by atoms with Crippen LogP contribution in [-0.4, -0.2) is 17.3 Å². The molecule has 0 saturated carbocycles. The third-order valence-electron chi connectivity index (χ3n) is 2.26. The molecule has 1 aromatic rings. The molecule has 0 N–H and O–H groups in total. The second-order valence-corrected chi connectivity index (χ2v) is 5.25. The maximum atomic E-state index is 11.7. The Morgan fingerprint density at radius 3 is 2.79 bits per heavy atom. The highest BCUT2D eigenvalue weighted by atomic mass is 79.9. The van der Waals surface area contributed by atoms with Crippen LogP contribution in [0.5, 0.6) is 0 Å². The molecule has 0 bridgehead atoms. The summed E-state index contributed by atoms with van der Waals surface area (Å²) in [5.41, 5.74) is 0.964. The van der Waals surface area contributed by atoms with Gasteiger partial charge in [-0.05, 0) is 24.6 Å². The highest BCUT2D eigenvalue weighted by molar-refractivity contribution is 9.10. The molecule has 1 fully saturated rings. The van der Waals surface area contributed by atoms with Crippen molar-refractivity contribution in [1.82, 2.24) is 0 Å². The van der Waals surface area contributed by atoms with Crippen LogP contribution in [0.3, 0.4) is 0 Å². The molecule has 14 heavy (non-hydrogen) atoms. The summed E-state index contributed by atoms with van der Waals surface area (Å²) in [6.07, 6.45) is 0.880. The van der Waals surface area contributed by atoms with Crippen molar-refractivity contribution < 1.29 is 4.79 Å². The lowest BCUT2D eigenvalue weighted by atomic mass is 10.3. The van der Waals surface area contributed by atoms with Crippen LogP contribution in [0.4, 0.5) is 5.69 Å². The summed E-state index contributed by atoms with van der Waals surface area (Å²) in [6, 6.07) is 7.81. The minimum atomic E-state index is -0.0125. The number of hydrogen-bond acceptors (Lipinski definition) is 1. The molecule has 0 radical (unpaired) electrons. The van der Waals surface area contributed by atoms with Crippen LogP contribution in [0.25, 0.3) is 0 Å². The van der Waals surface area contributed by atoms with Gasteiger partial charge in [0.1, 0.15) is 0 Å². The van der Waals surface area contributed by atoms with Crippen molar-refractivity contribution in [2.75, 3.05) is 11.4 Å². The summed E-state index contributed by atoms with van der Waals surface area (Å²) in [7, 11) is 0. The second-order valence-electron chi connectivity index (χ2n) is 3.23. The molecule has 0 spiro atoms. The minimum absolute atomic E-state index is 0.0125. The maximum absolute atomic E-state index is 11.7. The van der Waals surface area contributed by atoms with E-state index in [1.807, 2.05) is 29.2 Å². The van der Waals surface area contributed by atoms with Crippen LogP contribution < -0.4 is 4.90 Å². The van der Waals surface area contributed by atoms with E-state index in [2.05, 4.69) is 31.9 Å². The van der Waals surface area contributed by atoms with Crippen molar-refractivity contribution in [2.24, 2.45) is 0 Å². The monoisotopic (exact) mass is 317 g/mol. The van der Waals surface area contributed by atoms with Crippen molar-refractivity contribution in [3.63, 3.8) is 0 Å². The molecular weight excluding hydrogens is 310 g/mol. The lowest BCUT2D eigenvalue weighted by Gasteiger charge is -2.15. The Kier molecular flexibility index (Phi) is 2.93. The predicted molar refractivity (Wildman–Crippen MR) is 63.8 cm³/mol. The van der Waals surface area contributed by atoms with Gasteiger partial charge in [-0.1, -0.05) is 37.9 Å². The standard InChI is InChI=1S/C10H9Br2NO/c11-7-2-1-3-8(6-7)13-5-4-9(12)10(13)14/h1-3,6,9H,4-5H2/t9-/m1/s1. The Labute approximate surface area is 99.5 Å². The first-order chi connectivity index (χ1) is 6.68. The summed E-state index contributed by atoms with van der Waals surface area (Å²) in [5.74, 6) is 0.156. The maximum Gasteiger partial charge on any atom is 0.240 e. The van der Waals surface area contributed by atoms with Gasteiger partial charge >= 0.3 is 0 Å². The fraction of sp³-hybridized carbons (Fsp3) is 0.300. The summed E-state index contributed by atoms with van der Waals surface area (Å²) < 4.78 is 1.00. The molecule has 1 heterocycles. The van der Waals surface area contributed by atoms with E-state index >= 15 is 0 Å². The van der Waals surface area contributed by atoms with E-state index in [0.29, 0.717) is 0 Å². The fourth-order valence-electron chi connectivity index (χ4n) is 1.55. The molecule has 1 atom stereocenters. The molecule has 4 heteroatoms. The molecule has 1 aliphatic rings. The average Bonchev–Trinajstić information content (AvgIpc) is 2.48. The first-order valence-electron chi connectivity index (χ1n) is 4.39. The van der Waals surface area contributed by atoms with Gasteiger partial charge in [0.25, 0.3) is 0 Å². The van der Waals surface area contributed by atoms with E-state index in [0.717, 1.165) is 23.1 Å². The largest absolute Gasteiger partial charge is 0.311 e. The van der Waals surface area contributed by atoms with Gasteiger partial charge in [0.05, 0.1) is 4.83 Å². The molecule has 1 aromatic carbocycles. The summed E-state index contributed by atoms with van der Waals surface area (Å²) in [5, 5.41) is 0. The van der Waals surface area contributed by atoms with E-state index in [9.17, 15) is 4.79 Å². The van der Waals surface area contributed by atoms with Crippen LogP contribution >= 0.6 is 31.9 Å². The van der Waals surface area contributed by atoms with Gasteiger partial charge in [-0.2, -0.15) is 0 Å². The molecular formula is C10H9Br2NO. The number of alkyl halides is 1. The SMILES string of the molecule is O=C1[C@H](Br)CCN1c1cccc(Br)c1. The zero-order valence-corrected chi connectivity index (χ0v) is 10.6. The minimum Gasteiger partial charge on any atom is -0.311 e. The smallest absolute Gasteiger partial charge is 0.240 e. The number of anilines is 1. The molecule has 0 aromatic heterocycles. The molecule has 0 unspecified atom stereocenters. The van der Waals surface area contributed by atoms with E-state index in [4.69, 9.17) is 0 Å². The summed E-state index contributed by atoms with van der Waals surface area (Å²) >= 11 is 6.75. The van der Waals surface area contributed by atoms with Gasteiger partial charge in [-0.3, -0.25) is 4.79 Å². The third-order valence-corrected chi connectivity index (χ3v) is 3.60. The number of nitrogens with zero attached hydrogens (tertiary/aromatic N) is 1. The number of benzene rings is 1. The van der Waals surface area contributed by atoms with Gasteiger partial charge in [-0.15, -0.1) is 0 Å². The Balaban J connectivity index is 2.28. The van der Waals surface area contributed by atoms with Crippen molar-refractivity contribution in [2.45, 2.75) is 11.2 Å². The highest BCUT2D eigenvalue weighted by Crippen LogP contribution is 2.27. The zero-order valence-electron chi connectivity index (χ0n) is 7.41. The predicted octanol–water partition coefficient (Wildman–Crippen LogP) is 2.95. The number of rotatable bonds is 1. The van der Waals surface area contributed by atoms with Gasteiger partial charge in [-0.25, -0.2) is 0 Å². The number of hydrogen-bond donors (Lipinski definition) is 0. The molecule has 74 valence electrons. The first kappa shape index (κ1) is 10.2. The van der Waals surface area contributed by atoms with Gasteiger partial charge in [0.15, 0.2) is 0 Å². The van der Waals surface area contributed by atoms with Crippen LogP contribution in [-0.2, 0) is 4.79 Å². The van der Waals surface area contributed by atoms with Crippen LogP contribution in [0, 0.1) is 0 Å². The van der Waals surface area contributed by atoms with Crippen LogP contribution in [0.15, 0.2) is 28.7 Å². The number of carbonyl (C=O) groups is 1. The normalized spacial score (nSPS) is 21.7. The number of carbonyl (C=O) groups excluding carboxylic acids is 1. The second kappa shape index (κ2) is 4.03. The van der Waals surface area contributed by atoms with Gasteiger partial charge in [0.2, 0.25) is 5.91 Å². The van der Waals surface area contributed by atoms with Gasteiger partial charge < -0.3 is 4.90 Å². The van der Waals surface area contributed by atoms with Crippen molar-refractivity contribution in [3.05, 3.63) is 28.7 Å². The Morgan fingerprint density at radius 2 is 2.21 bits per heavy atom. The fourth-order valence-corrected chi connectivity index (χ4v) is 2.38. The topological polar surface area (TPSA) is 20.3 Å². The Bertz CT molecular complexity index is 367. The molecule has 2 rings (SSSR count). The molecule has 0 aliphatic carbocycles. The summed E-state index contributed by atoms with van der Waals surface area (Å²) in [4.78, 5) is 13.5. The van der Waals surface area contributed by atoms with E-state index in [1.165, 1.54) is 0 Å². The molecule has 1 aliphatic heterocycles. The van der Waals surface area contributed by atoms with Crippen LogP contribution in [0.1, 0.15) is 6.42 Å². The molecule has 1 amide bonds. The molecule has 2 nitrogen and oxygen atoms in total. The van der Waals surface area contributed by atoms with Gasteiger partial charge in [0, 0.05) is 16.7 Å². The third kappa shape index (κ3) is 1.86. The quantitative estimate of drug-likeness (QED) is 0.729. The summed E-state index contributed by atoms with van der Waals surface area (Å²) in [6.45, 7) is 0.797. The van der Waals surface area contributed by atoms with Crippen molar-refractivity contribution in [3.8, 4) is 0 Å². The lowest BCUT2D eigenvalue weighted by Crippen LogP contribution is -2.26.